The molecule has 0 rings (SSSR count). The predicted octanol–water partition coefficient (Wildman–Crippen LogP) is 0.394. The fraction of sp³-hybridized carbons (Fsp3) is 0.778. The number of nitrogens with one attached hydrogen (secondary N) is 1. The molecule has 0 aromatic heterocycles. The smallest absolute Gasteiger partial charge is 0.305 e. The summed E-state index contributed by atoms with van der Waals surface area (Å²) < 4.78 is 5.10. The topological polar surface area (TPSA) is 75.6 Å². The van der Waals surface area contributed by atoms with Crippen LogP contribution < -0.4 is 5.32 Å². The van der Waals surface area contributed by atoms with E-state index in [2.05, 4.69) is 5.32 Å². The number of rotatable bonds is 8. The Bertz CT molecular complexity index is 182. The van der Waals surface area contributed by atoms with Crippen LogP contribution in [0.3, 0.4) is 0 Å². The minimum Gasteiger partial charge on any atom is -0.481 e. The fourth-order valence-corrected chi connectivity index (χ4v) is 0.809. The number of carbonyl (C=O) groups is 2. The quantitative estimate of drug-likeness (QED) is 0.560. The number of hydrogen-bond acceptors (Lipinski definition) is 3. The molecule has 0 atom stereocenters. The van der Waals surface area contributed by atoms with Gasteiger partial charge in [-0.05, 0) is 6.42 Å². The maximum Gasteiger partial charge on any atom is 0.305 e. The number of hydrogen-bond donors (Lipinski definition) is 2. The maximum atomic E-state index is 11.0. The van der Waals surface area contributed by atoms with E-state index in [0.717, 1.165) is 6.42 Å². The van der Waals surface area contributed by atoms with Gasteiger partial charge < -0.3 is 15.2 Å². The Kier molecular flexibility index (Phi) is 7.83. The van der Waals surface area contributed by atoms with Gasteiger partial charge >= 0.3 is 5.97 Å². The van der Waals surface area contributed by atoms with Gasteiger partial charge in [0.15, 0.2) is 0 Å². The van der Waals surface area contributed by atoms with Crippen molar-refractivity contribution in [3.05, 3.63) is 0 Å². The highest BCUT2D eigenvalue weighted by molar-refractivity contribution is 5.76. The van der Waals surface area contributed by atoms with Gasteiger partial charge in [0.1, 0.15) is 0 Å². The first-order valence-corrected chi connectivity index (χ1v) is 4.73. The van der Waals surface area contributed by atoms with Gasteiger partial charge in [-0.1, -0.05) is 6.92 Å². The van der Waals surface area contributed by atoms with Crippen LogP contribution in [0, 0.1) is 0 Å². The van der Waals surface area contributed by atoms with Crippen LogP contribution in [-0.4, -0.2) is 36.7 Å². The van der Waals surface area contributed by atoms with Gasteiger partial charge in [0.05, 0.1) is 13.0 Å². The van der Waals surface area contributed by atoms with Crippen molar-refractivity contribution >= 4 is 11.9 Å². The van der Waals surface area contributed by atoms with Crippen LogP contribution in [-0.2, 0) is 14.3 Å². The summed E-state index contributed by atoms with van der Waals surface area (Å²) in [5.41, 5.74) is 0. The number of aliphatic carboxylic acids is 1. The van der Waals surface area contributed by atoms with E-state index in [1.165, 1.54) is 0 Å². The summed E-state index contributed by atoms with van der Waals surface area (Å²) >= 11 is 0. The van der Waals surface area contributed by atoms with Crippen molar-refractivity contribution < 1.29 is 19.4 Å². The summed E-state index contributed by atoms with van der Waals surface area (Å²) in [5, 5.41) is 10.8. The lowest BCUT2D eigenvalue weighted by atomic mass is 10.4. The highest BCUT2D eigenvalue weighted by atomic mass is 16.5. The molecule has 0 fully saturated rings. The Morgan fingerprint density at radius 3 is 2.57 bits per heavy atom. The molecule has 0 spiro atoms. The molecule has 82 valence electrons. The highest BCUT2D eigenvalue weighted by Crippen LogP contribution is 1.86. The molecule has 5 heteroatoms. The van der Waals surface area contributed by atoms with E-state index < -0.39 is 5.97 Å². The van der Waals surface area contributed by atoms with Gasteiger partial charge in [0, 0.05) is 19.6 Å². The lowest BCUT2D eigenvalue weighted by Gasteiger charge is -2.03. The van der Waals surface area contributed by atoms with Crippen LogP contribution in [0.5, 0.6) is 0 Å². The van der Waals surface area contributed by atoms with Gasteiger partial charge in [0.2, 0.25) is 5.91 Å². The number of carbonyl (C=O) groups excluding carboxylic acids is 1. The maximum absolute atomic E-state index is 11.0. The third-order valence-corrected chi connectivity index (χ3v) is 1.48. The first kappa shape index (κ1) is 12.9. The minimum absolute atomic E-state index is 0.0401. The summed E-state index contributed by atoms with van der Waals surface area (Å²) in [5.74, 6) is -1.07. The molecule has 0 radical (unpaired) electrons. The Morgan fingerprint density at radius 2 is 2.00 bits per heavy atom. The Hall–Kier alpha value is -1.10. The van der Waals surface area contributed by atoms with E-state index in [1.807, 2.05) is 6.92 Å². The lowest BCUT2D eigenvalue weighted by molar-refractivity contribution is -0.136. The van der Waals surface area contributed by atoms with Gasteiger partial charge in [-0.2, -0.15) is 0 Å². The summed E-state index contributed by atoms with van der Waals surface area (Å²) in [7, 11) is 0. The van der Waals surface area contributed by atoms with E-state index in [-0.39, 0.29) is 18.9 Å². The molecule has 0 heterocycles. The Morgan fingerprint density at radius 1 is 1.29 bits per heavy atom. The SMILES string of the molecule is CCCOCCC(=O)NCCC(=O)O. The summed E-state index contributed by atoms with van der Waals surface area (Å²) in [6.45, 7) is 3.23. The van der Waals surface area contributed by atoms with Crippen LogP contribution >= 0.6 is 0 Å². The average Bonchev–Trinajstić information content (AvgIpc) is 2.12. The molecule has 0 saturated heterocycles. The van der Waals surface area contributed by atoms with Crippen molar-refractivity contribution in [2.45, 2.75) is 26.2 Å². The number of amides is 1. The number of carboxylic acids is 1. The van der Waals surface area contributed by atoms with Crippen molar-refractivity contribution in [1.82, 2.24) is 5.32 Å². The third-order valence-electron chi connectivity index (χ3n) is 1.48. The molecule has 0 aliphatic rings. The predicted molar refractivity (Wildman–Crippen MR) is 51.0 cm³/mol. The molecule has 0 unspecified atom stereocenters. The number of carboxylic acid groups (broad SMARTS) is 1. The second-order valence-electron chi connectivity index (χ2n) is 2.86. The Balaban J connectivity index is 3.24. The summed E-state index contributed by atoms with van der Waals surface area (Å²) in [6, 6.07) is 0. The van der Waals surface area contributed by atoms with Gasteiger partial charge in [-0.15, -0.1) is 0 Å². The lowest BCUT2D eigenvalue weighted by Crippen LogP contribution is -2.26. The van der Waals surface area contributed by atoms with Crippen molar-refractivity contribution in [3.8, 4) is 0 Å². The molecule has 0 aliphatic carbocycles. The van der Waals surface area contributed by atoms with E-state index in [1.54, 1.807) is 0 Å². The van der Waals surface area contributed by atoms with E-state index in [0.29, 0.717) is 19.6 Å². The van der Waals surface area contributed by atoms with Crippen molar-refractivity contribution in [1.29, 1.82) is 0 Å². The average molecular weight is 203 g/mol. The molecule has 2 N–H and O–H groups in total. The van der Waals surface area contributed by atoms with Crippen LogP contribution in [0.25, 0.3) is 0 Å². The molecule has 14 heavy (non-hydrogen) atoms. The molecule has 0 saturated carbocycles. The minimum atomic E-state index is -0.910. The molecule has 5 nitrogen and oxygen atoms in total. The molecular weight excluding hydrogens is 186 g/mol. The molecule has 1 amide bonds. The van der Waals surface area contributed by atoms with Crippen molar-refractivity contribution in [2.75, 3.05) is 19.8 Å². The zero-order valence-electron chi connectivity index (χ0n) is 8.41. The van der Waals surface area contributed by atoms with Crippen LogP contribution in [0.1, 0.15) is 26.2 Å². The standard InChI is InChI=1S/C9H17NO4/c1-2-6-14-7-4-8(11)10-5-3-9(12)13/h2-7H2,1H3,(H,10,11)(H,12,13). The van der Waals surface area contributed by atoms with Crippen molar-refractivity contribution in [2.24, 2.45) is 0 Å². The largest absolute Gasteiger partial charge is 0.481 e. The zero-order chi connectivity index (χ0) is 10.8. The van der Waals surface area contributed by atoms with Crippen LogP contribution in [0.15, 0.2) is 0 Å². The Labute approximate surface area is 83.4 Å². The number of ether oxygens (including phenoxy) is 1. The molecular formula is C9H17NO4. The second-order valence-corrected chi connectivity index (χ2v) is 2.86. The van der Waals surface area contributed by atoms with E-state index in [9.17, 15) is 9.59 Å². The third kappa shape index (κ3) is 8.99. The van der Waals surface area contributed by atoms with Gasteiger partial charge in [-0.3, -0.25) is 9.59 Å². The highest BCUT2D eigenvalue weighted by Gasteiger charge is 2.01. The van der Waals surface area contributed by atoms with Gasteiger partial charge in [-0.25, -0.2) is 0 Å². The van der Waals surface area contributed by atoms with E-state index >= 15 is 0 Å². The molecule has 0 aromatic carbocycles. The van der Waals surface area contributed by atoms with Gasteiger partial charge in [0.25, 0.3) is 0 Å². The monoisotopic (exact) mass is 203 g/mol. The van der Waals surface area contributed by atoms with E-state index in [4.69, 9.17) is 9.84 Å². The zero-order valence-corrected chi connectivity index (χ0v) is 8.41. The first-order valence-electron chi connectivity index (χ1n) is 4.73. The molecule has 0 aliphatic heterocycles. The first-order chi connectivity index (χ1) is 6.66. The normalized spacial score (nSPS) is 9.79. The molecule has 0 bridgehead atoms. The fourth-order valence-electron chi connectivity index (χ4n) is 0.809. The molecule has 0 aromatic rings. The van der Waals surface area contributed by atoms with Crippen LogP contribution in [0.4, 0.5) is 0 Å². The second kappa shape index (κ2) is 8.50. The summed E-state index contributed by atoms with van der Waals surface area (Å²) in [4.78, 5) is 21.1. The van der Waals surface area contributed by atoms with Crippen LogP contribution in [0.2, 0.25) is 0 Å². The summed E-state index contributed by atoms with van der Waals surface area (Å²) in [6.07, 6.45) is 1.18. The van der Waals surface area contributed by atoms with Crippen molar-refractivity contribution in [3.63, 3.8) is 0 Å².